The van der Waals surface area contributed by atoms with Gasteiger partial charge < -0.3 is 25.5 Å². The molecule has 4 nitrogen and oxygen atoms in total. The van der Waals surface area contributed by atoms with Crippen molar-refractivity contribution in [1.29, 1.82) is 0 Å². The average molecular weight is 415 g/mol. The number of amides is 2. The molecule has 1 fully saturated rings. The number of hydrogen-bond acceptors (Lipinski definition) is 2. The second kappa shape index (κ2) is 14.6. The monoisotopic (exact) mass is 415 g/mol. The van der Waals surface area contributed by atoms with Crippen LogP contribution < -0.4 is 10.6 Å². The molecule has 5 heteroatoms. The maximum Gasteiger partial charge on any atom is 3.00 e. The Balaban J connectivity index is -0.00000192. The number of carbonyl (C=O) groups is 2. The topological polar surface area (TPSA) is 58.2 Å². The molecule has 2 amide bonds. The van der Waals surface area contributed by atoms with Gasteiger partial charge in [-0.2, -0.15) is 6.42 Å². The Morgan fingerprint density at radius 1 is 1.00 bits per heavy atom. The Hall–Kier alpha value is -0.346. The van der Waals surface area contributed by atoms with E-state index in [1.807, 2.05) is 13.8 Å². The molecular formula is C22H43N2O2Ti. The van der Waals surface area contributed by atoms with Crippen molar-refractivity contribution in [3.8, 4) is 0 Å². The smallest absolute Gasteiger partial charge is 0.503 e. The molecule has 0 heterocycles. The molecule has 1 aliphatic carbocycles. The summed E-state index contributed by atoms with van der Waals surface area (Å²) >= 11 is 0. The normalized spacial score (nSPS) is 24.3. The summed E-state index contributed by atoms with van der Waals surface area (Å²) in [5.41, 5.74) is 0.143. The Morgan fingerprint density at radius 2 is 1.48 bits per heavy atom. The van der Waals surface area contributed by atoms with Gasteiger partial charge in [-0.05, 0) is 23.7 Å². The van der Waals surface area contributed by atoms with E-state index in [-0.39, 0.29) is 59.8 Å². The van der Waals surface area contributed by atoms with Gasteiger partial charge in [0, 0.05) is 18.9 Å². The van der Waals surface area contributed by atoms with E-state index in [0.29, 0.717) is 24.7 Å². The van der Waals surface area contributed by atoms with Gasteiger partial charge in [0.25, 0.3) is 0 Å². The first-order chi connectivity index (χ1) is 11.3. The zero-order valence-electron chi connectivity index (χ0n) is 19.0. The molecule has 1 radical (unpaired) electrons. The Morgan fingerprint density at radius 3 is 1.89 bits per heavy atom. The van der Waals surface area contributed by atoms with Crippen molar-refractivity contribution in [2.45, 2.75) is 92.5 Å². The fourth-order valence-electron chi connectivity index (χ4n) is 4.23. The van der Waals surface area contributed by atoms with Gasteiger partial charge >= 0.3 is 21.7 Å². The molecule has 1 saturated carbocycles. The van der Waals surface area contributed by atoms with Crippen LogP contribution in [0.3, 0.4) is 0 Å². The molecule has 27 heavy (non-hydrogen) atoms. The molecule has 3 atom stereocenters. The van der Waals surface area contributed by atoms with E-state index in [2.05, 4.69) is 38.3 Å². The summed E-state index contributed by atoms with van der Waals surface area (Å²) in [4.78, 5) is 23.9. The maximum absolute atomic E-state index is 11.9. The van der Waals surface area contributed by atoms with E-state index in [0.717, 1.165) is 38.1 Å². The largest absolute Gasteiger partial charge is 3.00 e. The summed E-state index contributed by atoms with van der Waals surface area (Å²) in [7, 11) is 0. The van der Waals surface area contributed by atoms with Crippen LogP contribution in [0.5, 0.6) is 0 Å². The second-order valence-corrected chi connectivity index (χ2v) is 7.56. The summed E-state index contributed by atoms with van der Waals surface area (Å²) in [6.45, 7) is 12.9. The standard InChI is InChI=1S/C20H37N2O2.2CH3.Ti/c1-7-14(5)20(15(6)8-2)12-16(21-18(23)9-3)11-17(13-20)22-19(24)10-4;;;/h14-16H,7-13H2,1-6H3,(H,21,23)(H,22,24);2*1H3;/q3*-1;+3. The summed E-state index contributed by atoms with van der Waals surface area (Å²) in [6.07, 6.45) is 5.96. The van der Waals surface area contributed by atoms with Gasteiger partial charge in [-0.3, -0.25) is 9.59 Å². The first-order valence-corrected chi connectivity index (χ1v) is 9.76. The zero-order valence-corrected chi connectivity index (χ0v) is 20.6. The van der Waals surface area contributed by atoms with Crippen LogP contribution in [-0.2, 0) is 31.3 Å². The summed E-state index contributed by atoms with van der Waals surface area (Å²) in [5.74, 6) is 1.30. The van der Waals surface area contributed by atoms with Crippen LogP contribution in [0.1, 0.15) is 86.5 Å². The number of hydrogen-bond donors (Lipinski definition) is 2. The van der Waals surface area contributed by atoms with Crippen molar-refractivity contribution in [2.75, 3.05) is 0 Å². The molecule has 157 valence electrons. The maximum atomic E-state index is 11.9. The zero-order chi connectivity index (χ0) is 18.3. The Labute approximate surface area is 184 Å². The molecule has 1 aliphatic rings. The number of rotatable bonds is 8. The van der Waals surface area contributed by atoms with Crippen LogP contribution >= 0.6 is 0 Å². The number of nitrogens with one attached hydrogen (secondary N) is 2. The van der Waals surface area contributed by atoms with Crippen LogP contribution in [0.25, 0.3) is 0 Å². The number of carbonyl (C=O) groups excluding carboxylic acids is 2. The van der Waals surface area contributed by atoms with Gasteiger partial charge in [0.1, 0.15) is 0 Å². The molecular weight excluding hydrogens is 372 g/mol. The van der Waals surface area contributed by atoms with E-state index in [1.54, 1.807) is 0 Å². The molecule has 1 rings (SSSR count). The molecule has 0 spiro atoms. The van der Waals surface area contributed by atoms with E-state index >= 15 is 0 Å². The third kappa shape index (κ3) is 8.27. The molecule has 0 aliphatic heterocycles. The van der Waals surface area contributed by atoms with Crippen LogP contribution in [0.4, 0.5) is 0 Å². The molecule has 0 aromatic carbocycles. The summed E-state index contributed by atoms with van der Waals surface area (Å²) in [5, 5.41) is 6.32. The van der Waals surface area contributed by atoms with Crippen molar-refractivity contribution < 1.29 is 31.3 Å². The minimum atomic E-state index is 0. The van der Waals surface area contributed by atoms with Gasteiger partial charge in [-0.15, -0.1) is 6.42 Å². The van der Waals surface area contributed by atoms with Gasteiger partial charge in [0.05, 0.1) is 0 Å². The van der Waals surface area contributed by atoms with Gasteiger partial charge in [0.2, 0.25) is 5.91 Å². The van der Waals surface area contributed by atoms with Gasteiger partial charge in [-0.25, -0.2) is 6.04 Å². The molecule has 2 N–H and O–H groups in total. The van der Waals surface area contributed by atoms with Crippen molar-refractivity contribution in [1.82, 2.24) is 10.6 Å². The minimum Gasteiger partial charge on any atom is -0.503 e. The predicted octanol–water partition coefficient (Wildman–Crippen LogP) is 5.10. The summed E-state index contributed by atoms with van der Waals surface area (Å²) in [6, 6.07) is 1.23. The van der Waals surface area contributed by atoms with E-state index < -0.39 is 0 Å². The quantitative estimate of drug-likeness (QED) is 0.428. The first-order valence-electron chi connectivity index (χ1n) is 9.76. The molecule has 0 bridgehead atoms. The van der Waals surface area contributed by atoms with E-state index in [1.165, 1.54) is 0 Å². The van der Waals surface area contributed by atoms with E-state index in [4.69, 9.17) is 0 Å². The summed E-state index contributed by atoms with van der Waals surface area (Å²) < 4.78 is 0. The second-order valence-electron chi connectivity index (χ2n) is 7.56. The van der Waals surface area contributed by atoms with Gasteiger partial charge in [0.15, 0.2) is 5.91 Å². The van der Waals surface area contributed by atoms with Crippen LogP contribution in [0, 0.1) is 38.1 Å². The van der Waals surface area contributed by atoms with Crippen molar-refractivity contribution >= 4 is 11.8 Å². The van der Waals surface area contributed by atoms with Gasteiger partial charge in [-0.1, -0.05) is 54.4 Å². The minimum absolute atomic E-state index is 0. The predicted molar refractivity (Wildman–Crippen MR) is 112 cm³/mol. The van der Waals surface area contributed by atoms with Crippen LogP contribution in [0.15, 0.2) is 0 Å². The van der Waals surface area contributed by atoms with E-state index in [9.17, 15) is 9.59 Å². The Bertz CT molecular complexity index is 391. The third-order valence-electron chi connectivity index (χ3n) is 6.17. The van der Waals surface area contributed by atoms with Crippen molar-refractivity contribution in [3.05, 3.63) is 20.9 Å². The molecule has 0 aromatic heterocycles. The average Bonchev–Trinajstić information content (AvgIpc) is 2.59. The molecule has 3 unspecified atom stereocenters. The van der Waals surface area contributed by atoms with Crippen LogP contribution in [0.2, 0.25) is 0 Å². The first kappa shape index (κ1) is 31.4. The Kier molecular flexibility index (Phi) is 17.0. The molecule has 0 aromatic rings. The third-order valence-corrected chi connectivity index (χ3v) is 6.17. The van der Waals surface area contributed by atoms with Crippen LogP contribution in [-0.4, -0.2) is 17.9 Å². The van der Waals surface area contributed by atoms with Crippen molar-refractivity contribution in [2.24, 2.45) is 17.3 Å². The molecule has 0 saturated heterocycles. The SMILES string of the molecule is CCC(=O)N[C-]1CC(NC(=O)CC)CC(C(C)CC)(C(C)CC)C1.[CH3-].[CH3-].[Ti+3]. The van der Waals surface area contributed by atoms with Crippen molar-refractivity contribution in [3.63, 3.8) is 0 Å². The fraction of sp³-hybridized carbons (Fsp3) is 0.773. The fourth-order valence-corrected chi connectivity index (χ4v) is 4.23.